The number of nitrogens with one attached hydrogen (secondary N) is 1. The largest absolute Gasteiger partial charge is 0.392 e. The van der Waals surface area contributed by atoms with Crippen molar-refractivity contribution in [3.8, 4) is 0 Å². The molecule has 1 atom stereocenters. The monoisotopic (exact) mass is 268 g/mol. The molecule has 0 spiro atoms. The van der Waals surface area contributed by atoms with Gasteiger partial charge in [0, 0.05) is 5.56 Å². The van der Waals surface area contributed by atoms with Gasteiger partial charge in [-0.15, -0.1) is 0 Å². The molecule has 0 aliphatic carbocycles. The van der Waals surface area contributed by atoms with Crippen molar-refractivity contribution < 1.29 is 9.18 Å². The summed E-state index contributed by atoms with van der Waals surface area (Å²) in [6.07, 6.45) is 0. The fourth-order valence-corrected chi connectivity index (χ4v) is 1.96. The van der Waals surface area contributed by atoms with E-state index in [1.165, 1.54) is 12.1 Å². The van der Waals surface area contributed by atoms with Crippen LogP contribution in [0.5, 0.6) is 0 Å². The van der Waals surface area contributed by atoms with Crippen molar-refractivity contribution in [3.05, 3.63) is 35.1 Å². The van der Waals surface area contributed by atoms with Crippen molar-refractivity contribution in [2.24, 2.45) is 11.7 Å². The van der Waals surface area contributed by atoms with Crippen LogP contribution in [-0.4, -0.2) is 16.9 Å². The van der Waals surface area contributed by atoms with Gasteiger partial charge in [0.1, 0.15) is 5.82 Å². The van der Waals surface area contributed by atoms with Crippen LogP contribution in [0.1, 0.15) is 29.8 Å². The van der Waals surface area contributed by atoms with Gasteiger partial charge in [-0.2, -0.15) is 0 Å². The number of carbonyl (C=O) groups is 1. The lowest BCUT2D eigenvalue weighted by Crippen LogP contribution is -2.47. The first-order valence-corrected chi connectivity index (χ1v) is 6.10. The molecule has 5 heteroatoms. The molecule has 1 amide bonds. The van der Waals surface area contributed by atoms with Crippen LogP contribution in [0.2, 0.25) is 0 Å². The Morgan fingerprint density at radius 3 is 2.56 bits per heavy atom. The Kier molecular flexibility index (Phi) is 4.78. The molecule has 0 aromatic heterocycles. The number of amides is 1. The highest BCUT2D eigenvalue weighted by Gasteiger charge is 2.20. The molecule has 0 heterocycles. The van der Waals surface area contributed by atoms with Crippen LogP contribution < -0.4 is 11.1 Å². The van der Waals surface area contributed by atoms with Gasteiger partial charge in [0.25, 0.3) is 5.91 Å². The van der Waals surface area contributed by atoms with Crippen molar-refractivity contribution in [2.75, 3.05) is 0 Å². The van der Waals surface area contributed by atoms with Crippen LogP contribution in [0.4, 0.5) is 4.39 Å². The second kappa shape index (κ2) is 5.91. The number of hydrogen-bond acceptors (Lipinski definition) is 2. The van der Waals surface area contributed by atoms with Crippen molar-refractivity contribution in [1.29, 1.82) is 0 Å². The Morgan fingerprint density at radius 1 is 1.44 bits per heavy atom. The summed E-state index contributed by atoms with van der Waals surface area (Å²) in [6, 6.07) is 3.70. The van der Waals surface area contributed by atoms with Crippen LogP contribution in [0.3, 0.4) is 0 Å². The highest BCUT2D eigenvalue weighted by atomic mass is 32.1. The number of thiocarbonyl (C=S) groups is 1. The number of hydrogen-bond donors (Lipinski definition) is 2. The zero-order chi connectivity index (χ0) is 13.9. The van der Waals surface area contributed by atoms with E-state index in [0.717, 1.165) is 0 Å². The van der Waals surface area contributed by atoms with Gasteiger partial charge < -0.3 is 11.1 Å². The number of rotatable bonds is 4. The molecular weight excluding hydrogens is 251 g/mol. The van der Waals surface area contributed by atoms with Gasteiger partial charge >= 0.3 is 0 Å². The topological polar surface area (TPSA) is 55.1 Å². The van der Waals surface area contributed by atoms with E-state index in [4.69, 9.17) is 18.0 Å². The van der Waals surface area contributed by atoms with Gasteiger partial charge in [0.2, 0.25) is 0 Å². The number of carbonyl (C=O) groups excluding carboxylic acids is 1. The molecule has 98 valence electrons. The van der Waals surface area contributed by atoms with Crippen molar-refractivity contribution >= 4 is 23.1 Å². The van der Waals surface area contributed by atoms with E-state index < -0.39 is 11.9 Å². The molecule has 0 saturated carbocycles. The van der Waals surface area contributed by atoms with E-state index in [-0.39, 0.29) is 16.8 Å². The lowest BCUT2D eigenvalue weighted by molar-refractivity contribution is 0.0939. The third-order valence-electron chi connectivity index (χ3n) is 2.70. The Hall–Kier alpha value is -1.49. The van der Waals surface area contributed by atoms with Gasteiger partial charge in [-0.25, -0.2) is 4.39 Å². The third-order valence-corrected chi connectivity index (χ3v) is 2.96. The maximum absolute atomic E-state index is 13.1. The van der Waals surface area contributed by atoms with Crippen LogP contribution >= 0.6 is 12.2 Å². The highest BCUT2D eigenvalue weighted by Crippen LogP contribution is 2.11. The van der Waals surface area contributed by atoms with E-state index in [0.29, 0.717) is 11.1 Å². The average molecular weight is 268 g/mol. The molecule has 0 aliphatic heterocycles. The summed E-state index contributed by atoms with van der Waals surface area (Å²) in [4.78, 5) is 12.3. The summed E-state index contributed by atoms with van der Waals surface area (Å²) in [7, 11) is 0. The quantitative estimate of drug-likeness (QED) is 0.823. The molecule has 1 unspecified atom stereocenters. The summed E-state index contributed by atoms with van der Waals surface area (Å²) in [6.45, 7) is 5.56. The molecule has 0 saturated heterocycles. The lowest BCUT2D eigenvalue weighted by atomic mass is 10.0. The van der Waals surface area contributed by atoms with Crippen LogP contribution in [0.15, 0.2) is 18.2 Å². The van der Waals surface area contributed by atoms with E-state index in [9.17, 15) is 9.18 Å². The molecule has 0 aliphatic rings. The number of halogens is 1. The predicted octanol–water partition coefficient (Wildman–Crippen LogP) is 2.17. The Morgan fingerprint density at radius 2 is 2.06 bits per heavy atom. The molecule has 0 fully saturated rings. The van der Waals surface area contributed by atoms with Crippen LogP contribution in [-0.2, 0) is 0 Å². The zero-order valence-corrected chi connectivity index (χ0v) is 11.5. The van der Waals surface area contributed by atoms with E-state index in [2.05, 4.69) is 5.32 Å². The first-order chi connectivity index (χ1) is 8.32. The fourth-order valence-electron chi connectivity index (χ4n) is 1.62. The third kappa shape index (κ3) is 3.50. The number of aryl methyl sites for hydroxylation is 1. The summed E-state index contributed by atoms with van der Waals surface area (Å²) in [5, 5.41) is 2.73. The maximum atomic E-state index is 13.1. The maximum Gasteiger partial charge on any atom is 0.252 e. The SMILES string of the molecule is Cc1ccc(F)cc1C(=O)NC(C(N)=S)C(C)C. The average Bonchev–Trinajstić information content (AvgIpc) is 2.28. The Labute approximate surface area is 112 Å². The minimum atomic E-state index is -0.442. The van der Waals surface area contributed by atoms with Crippen LogP contribution in [0.25, 0.3) is 0 Å². The summed E-state index contributed by atoms with van der Waals surface area (Å²) < 4.78 is 13.1. The van der Waals surface area contributed by atoms with Gasteiger partial charge in [-0.3, -0.25) is 4.79 Å². The molecule has 3 nitrogen and oxygen atoms in total. The molecule has 1 aromatic carbocycles. The van der Waals surface area contributed by atoms with Crippen molar-refractivity contribution in [3.63, 3.8) is 0 Å². The van der Waals surface area contributed by atoms with Gasteiger partial charge in [-0.1, -0.05) is 32.1 Å². The summed E-state index contributed by atoms with van der Waals surface area (Å²) >= 11 is 4.91. The summed E-state index contributed by atoms with van der Waals surface area (Å²) in [5.74, 6) is -0.721. The second-order valence-electron chi connectivity index (χ2n) is 4.56. The van der Waals surface area contributed by atoms with Gasteiger partial charge in [0.15, 0.2) is 0 Å². The first kappa shape index (κ1) is 14.6. The zero-order valence-electron chi connectivity index (χ0n) is 10.7. The predicted molar refractivity (Wildman–Crippen MR) is 74.0 cm³/mol. The molecule has 0 bridgehead atoms. The first-order valence-electron chi connectivity index (χ1n) is 5.69. The van der Waals surface area contributed by atoms with E-state index >= 15 is 0 Å². The molecule has 18 heavy (non-hydrogen) atoms. The minimum Gasteiger partial charge on any atom is -0.392 e. The smallest absolute Gasteiger partial charge is 0.252 e. The Balaban J connectivity index is 2.94. The molecule has 0 radical (unpaired) electrons. The normalized spacial score (nSPS) is 12.3. The number of nitrogens with two attached hydrogens (primary N) is 1. The molecule has 1 aromatic rings. The fraction of sp³-hybridized carbons (Fsp3) is 0.385. The minimum absolute atomic E-state index is 0.0836. The molecule has 1 rings (SSSR count). The second-order valence-corrected chi connectivity index (χ2v) is 5.03. The van der Waals surface area contributed by atoms with Crippen molar-refractivity contribution in [2.45, 2.75) is 26.8 Å². The standard InChI is InChI=1S/C13H17FN2OS/c1-7(2)11(12(15)18)16-13(17)10-6-9(14)5-4-8(10)3/h4-7,11H,1-3H3,(H2,15,18)(H,16,17). The molecule has 3 N–H and O–H groups in total. The number of benzene rings is 1. The van der Waals surface area contributed by atoms with E-state index in [1.54, 1.807) is 13.0 Å². The van der Waals surface area contributed by atoms with E-state index in [1.807, 2.05) is 13.8 Å². The molecular formula is C13H17FN2OS. The van der Waals surface area contributed by atoms with Crippen molar-refractivity contribution in [1.82, 2.24) is 5.32 Å². The highest BCUT2D eigenvalue weighted by molar-refractivity contribution is 7.80. The lowest BCUT2D eigenvalue weighted by Gasteiger charge is -2.21. The van der Waals surface area contributed by atoms with Crippen LogP contribution in [0, 0.1) is 18.7 Å². The summed E-state index contributed by atoms with van der Waals surface area (Å²) in [5.41, 5.74) is 6.59. The van der Waals surface area contributed by atoms with Gasteiger partial charge in [-0.05, 0) is 30.5 Å². The van der Waals surface area contributed by atoms with Gasteiger partial charge in [0.05, 0.1) is 11.0 Å². The Bertz CT molecular complexity index is 474.